The summed E-state index contributed by atoms with van der Waals surface area (Å²) in [5.41, 5.74) is 1.18. The summed E-state index contributed by atoms with van der Waals surface area (Å²) in [6.45, 7) is 8.37. The number of rotatable bonds is 7. The lowest BCUT2D eigenvalue weighted by atomic mass is 10.0. The summed E-state index contributed by atoms with van der Waals surface area (Å²) >= 11 is 0. The quantitative estimate of drug-likeness (QED) is 0.696. The maximum Gasteiger partial charge on any atom is 0.307 e. The van der Waals surface area contributed by atoms with Gasteiger partial charge < -0.3 is 4.74 Å². The standard InChI is InChI=1S/C15H23NO2/c1-4-16(5-2)14(12-15(17)18-6-3)13-10-8-7-9-11-13/h7-11,14H,4-6,12H2,1-3H3/t14-/m1/s1. The van der Waals surface area contributed by atoms with Crippen molar-refractivity contribution in [1.29, 1.82) is 0 Å². The average Bonchev–Trinajstić information content (AvgIpc) is 2.40. The van der Waals surface area contributed by atoms with E-state index in [1.165, 1.54) is 5.56 Å². The first-order chi connectivity index (χ1) is 8.72. The van der Waals surface area contributed by atoms with Crippen LogP contribution in [0.25, 0.3) is 0 Å². The fraction of sp³-hybridized carbons (Fsp3) is 0.533. The van der Waals surface area contributed by atoms with Crippen molar-refractivity contribution in [1.82, 2.24) is 4.90 Å². The molecule has 0 amide bonds. The highest BCUT2D eigenvalue weighted by Crippen LogP contribution is 2.24. The summed E-state index contributed by atoms with van der Waals surface area (Å²) < 4.78 is 5.07. The number of hydrogen-bond acceptors (Lipinski definition) is 3. The Morgan fingerprint density at radius 3 is 2.28 bits per heavy atom. The van der Waals surface area contributed by atoms with Gasteiger partial charge in [0.2, 0.25) is 0 Å². The van der Waals surface area contributed by atoms with E-state index in [-0.39, 0.29) is 12.0 Å². The summed E-state index contributed by atoms with van der Waals surface area (Å²) in [7, 11) is 0. The normalized spacial score (nSPS) is 12.4. The van der Waals surface area contributed by atoms with E-state index in [0.717, 1.165) is 13.1 Å². The van der Waals surface area contributed by atoms with Crippen molar-refractivity contribution in [2.75, 3.05) is 19.7 Å². The van der Waals surface area contributed by atoms with Gasteiger partial charge in [-0.1, -0.05) is 44.2 Å². The van der Waals surface area contributed by atoms with Crippen LogP contribution in [0.1, 0.15) is 38.8 Å². The van der Waals surface area contributed by atoms with E-state index in [0.29, 0.717) is 13.0 Å². The van der Waals surface area contributed by atoms with Crippen LogP contribution in [0.15, 0.2) is 30.3 Å². The Morgan fingerprint density at radius 2 is 1.78 bits per heavy atom. The minimum atomic E-state index is -0.127. The number of esters is 1. The predicted molar refractivity (Wildman–Crippen MR) is 73.4 cm³/mol. The first-order valence-corrected chi connectivity index (χ1v) is 6.67. The van der Waals surface area contributed by atoms with Gasteiger partial charge in [0.15, 0.2) is 0 Å². The van der Waals surface area contributed by atoms with Crippen LogP contribution in [0.4, 0.5) is 0 Å². The van der Waals surface area contributed by atoms with Crippen molar-refractivity contribution in [2.45, 2.75) is 33.2 Å². The molecule has 0 bridgehead atoms. The SMILES string of the molecule is CCOC(=O)C[C@H](c1ccccc1)N(CC)CC. The van der Waals surface area contributed by atoms with Crippen molar-refractivity contribution in [3.63, 3.8) is 0 Å². The molecule has 0 spiro atoms. The summed E-state index contributed by atoms with van der Waals surface area (Å²) in [5, 5.41) is 0. The highest BCUT2D eigenvalue weighted by molar-refractivity contribution is 5.70. The predicted octanol–water partition coefficient (Wildman–Crippen LogP) is 3.02. The van der Waals surface area contributed by atoms with Crippen molar-refractivity contribution in [3.05, 3.63) is 35.9 Å². The highest BCUT2D eigenvalue weighted by Gasteiger charge is 2.21. The van der Waals surface area contributed by atoms with Gasteiger partial charge in [0.25, 0.3) is 0 Å². The summed E-state index contributed by atoms with van der Waals surface area (Å²) in [6, 6.07) is 10.3. The zero-order valence-corrected chi connectivity index (χ0v) is 11.6. The maximum atomic E-state index is 11.7. The Morgan fingerprint density at radius 1 is 1.17 bits per heavy atom. The Kier molecular flexibility index (Phi) is 6.44. The summed E-state index contributed by atoms with van der Waals surface area (Å²) in [6.07, 6.45) is 0.416. The minimum Gasteiger partial charge on any atom is -0.466 e. The summed E-state index contributed by atoms with van der Waals surface area (Å²) in [4.78, 5) is 14.0. The Hall–Kier alpha value is -1.35. The number of nitrogens with zero attached hydrogens (tertiary/aromatic N) is 1. The van der Waals surface area contributed by atoms with Gasteiger partial charge in [0.1, 0.15) is 0 Å². The third-order valence-electron chi connectivity index (χ3n) is 3.10. The molecule has 0 heterocycles. The van der Waals surface area contributed by atoms with E-state index in [1.807, 2.05) is 25.1 Å². The van der Waals surface area contributed by atoms with Gasteiger partial charge in [0.05, 0.1) is 13.0 Å². The number of carbonyl (C=O) groups is 1. The van der Waals surface area contributed by atoms with Crippen LogP contribution in [-0.2, 0) is 9.53 Å². The number of ether oxygens (including phenoxy) is 1. The Bertz CT molecular complexity index is 347. The lowest BCUT2D eigenvalue weighted by molar-refractivity contribution is -0.144. The topological polar surface area (TPSA) is 29.5 Å². The Balaban J connectivity index is 2.85. The first-order valence-electron chi connectivity index (χ1n) is 6.67. The molecule has 0 unspecified atom stereocenters. The third-order valence-corrected chi connectivity index (χ3v) is 3.10. The summed E-state index contributed by atoms with van der Waals surface area (Å²) in [5.74, 6) is -0.127. The molecule has 1 rings (SSSR count). The first kappa shape index (κ1) is 14.7. The Labute approximate surface area is 110 Å². The molecular formula is C15H23NO2. The molecule has 1 atom stereocenters. The monoisotopic (exact) mass is 249 g/mol. The van der Waals surface area contributed by atoms with E-state index < -0.39 is 0 Å². The van der Waals surface area contributed by atoms with E-state index in [1.54, 1.807) is 0 Å². The lowest BCUT2D eigenvalue weighted by Crippen LogP contribution is -2.30. The van der Waals surface area contributed by atoms with Crippen molar-refractivity contribution >= 4 is 5.97 Å². The van der Waals surface area contributed by atoms with Crippen LogP contribution in [0.3, 0.4) is 0 Å². The van der Waals surface area contributed by atoms with E-state index in [4.69, 9.17) is 4.74 Å². The smallest absolute Gasteiger partial charge is 0.307 e. The van der Waals surface area contributed by atoms with Gasteiger partial charge in [-0.15, -0.1) is 0 Å². The lowest BCUT2D eigenvalue weighted by Gasteiger charge is -2.29. The van der Waals surface area contributed by atoms with Gasteiger partial charge in [-0.2, -0.15) is 0 Å². The fourth-order valence-corrected chi connectivity index (χ4v) is 2.18. The van der Waals surface area contributed by atoms with E-state index >= 15 is 0 Å². The van der Waals surface area contributed by atoms with Gasteiger partial charge in [-0.05, 0) is 25.6 Å². The van der Waals surface area contributed by atoms with Gasteiger partial charge in [-0.3, -0.25) is 9.69 Å². The molecule has 3 heteroatoms. The molecule has 3 nitrogen and oxygen atoms in total. The van der Waals surface area contributed by atoms with E-state index in [9.17, 15) is 4.79 Å². The van der Waals surface area contributed by atoms with Crippen LogP contribution in [0, 0.1) is 0 Å². The molecule has 0 radical (unpaired) electrons. The van der Waals surface area contributed by atoms with Gasteiger partial charge in [0, 0.05) is 6.04 Å². The van der Waals surface area contributed by atoms with Crippen LogP contribution in [0.2, 0.25) is 0 Å². The maximum absolute atomic E-state index is 11.7. The molecule has 0 aliphatic rings. The second-order valence-electron chi connectivity index (χ2n) is 4.16. The molecule has 1 aromatic rings. The molecule has 0 saturated heterocycles. The number of benzene rings is 1. The van der Waals surface area contributed by atoms with E-state index in [2.05, 4.69) is 30.9 Å². The molecule has 0 N–H and O–H groups in total. The zero-order valence-electron chi connectivity index (χ0n) is 11.6. The largest absolute Gasteiger partial charge is 0.466 e. The van der Waals surface area contributed by atoms with Crippen LogP contribution >= 0.6 is 0 Å². The number of carbonyl (C=O) groups excluding carboxylic acids is 1. The molecule has 0 aliphatic carbocycles. The van der Waals surface area contributed by atoms with Crippen LogP contribution in [-0.4, -0.2) is 30.6 Å². The average molecular weight is 249 g/mol. The van der Waals surface area contributed by atoms with Gasteiger partial charge in [-0.25, -0.2) is 0 Å². The number of hydrogen-bond donors (Lipinski definition) is 0. The second kappa shape index (κ2) is 7.88. The van der Waals surface area contributed by atoms with Crippen molar-refractivity contribution in [3.8, 4) is 0 Å². The highest BCUT2D eigenvalue weighted by atomic mass is 16.5. The third kappa shape index (κ3) is 4.15. The van der Waals surface area contributed by atoms with Crippen LogP contribution in [0.5, 0.6) is 0 Å². The van der Waals surface area contributed by atoms with Crippen molar-refractivity contribution < 1.29 is 9.53 Å². The molecule has 0 fully saturated rings. The second-order valence-corrected chi connectivity index (χ2v) is 4.16. The molecule has 0 saturated carbocycles. The molecule has 1 aromatic carbocycles. The van der Waals surface area contributed by atoms with Gasteiger partial charge >= 0.3 is 5.97 Å². The molecule has 0 aromatic heterocycles. The molecule has 18 heavy (non-hydrogen) atoms. The molecule has 0 aliphatic heterocycles. The van der Waals surface area contributed by atoms with Crippen molar-refractivity contribution in [2.24, 2.45) is 0 Å². The van der Waals surface area contributed by atoms with Crippen LogP contribution < -0.4 is 0 Å². The fourth-order valence-electron chi connectivity index (χ4n) is 2.18. The minimum absolute atomic E-state index is 0.111. The molecule has 100 valence electrons. The zero-order chi connectivity index (χ0) is 13.4. The molecular weight excluding hydrogens is 226 g/mol.